The van der Waals surface area contributed by atoms with Crippen molar-refractivity contribution in [2.75, 3.05) is 0 Å². The Hall–Kier alpha value is -0.670. The predicted molar refractivity (Wildman–Crippen MR) is 25.1 cm³/mol. The maximum atomic E-state index is 12.1. The van der Waals surface area contributed by atoms with E-state index in [0.29, 0.717) is 0 Å². The van der Waals surface area contributed by atoms with Gasteiger partial charge in [-0.05, 0) is 6.92 Å². The molecule has 0 amide bonds. The number of ether oxygens (including phenoxy) is 1. The summed E-state index contributed by atoms with van der Waals surface area (Å²) in [5.74, 6) is -4.63. The van der Waals surface area contributed by atoms with Crippen molar-refractivity contribution in [3.63, 3.8) is 0 Å². The molecule has 1 unspecified atom stereocenters. The molecule has 1 fully saturated rings. The SMILES string of the molecule is CC1CC(F)(F)C(=O)O1. The number of cyclic esters (lactones) is 1. The maximum Gasteiger partial charge on any atom is 0.377 e. The number of hydrogen-bond acceptors (Lipinski definition) is 2. The first kappa shape index (κ1) is 6.45. The van der Waals surface area contributed by atoms with E-state index in [-0.39, 0.29) is 0 Å². The van der Waals surface area contributed by atoms with E-state index in [1.165, 1.54) is 6.92 Å². The monoisotopic (exact) mass is 136 g/mol. The van der Waals surface area contributed by atoms with Gasteiger partial charge >= 0.3 is 11.9 Å². The average Bonchev–Trinajstić information content (AvgIpc) is 1.79. The van der Waals surface area contributed by atoms with Crippen molar-refractivity contribution >= 4 is 5.97 Å². The number of alkyl halides is 2. The minimum Gasteiger partial charge on any atom is -0.458 e. The summed E-state index contributed by atoms with van der Waals surface area (Å²) in [5, 5.41) is 0. The Morgan fingerprint density at radius 2 is 2.33 bits per heavy atom. The lowest BCUT2D eigenvalue weighted by Gasteiger charge is -1.98. The van der Waals surface area contributed by atoms with Crippen molar-refractivity contribution in [1.82, 2.24) is 0 Å². The first-order chi connectivity index (χ1) is 4.02. The Kier molecular flexibility index (Phi) is 1.18. The zero-order valence-electron chi connectivity index (χ0n) is 4.86. The molecule has 52 valence electrons. The number of rotatable bonds is 0. The van der Waals surface area contributed by atoms with Crippen molar-refractivity contribution in [1.29, 1.82) is 0 Å². The highest BCUT2D eigenvalue weighted by Gasteiger charge is 2.49. The molecule has 2 nitrogen and oxygen atoms in total. The molecule has 4 heteroatoms. The summed E-state index contributed by atoms with van der Waals surface area (Å²) >= 11 is 0. The van der Waals surface area contributed by atoms with Crippen LogP contribution in [-0.4, -0.2) is 18.0 Å². The summed E-state index contributed by atoms with van der Waals surface area (Å²) in [6.45, 7) is 1.44. The first-order valence-corrected chi connectivity index (χ1v) is 2.61. The fourth-order valence-electron chi connectivity index (χ4n) is 0.755. The van der Waals surface area contributed by atoms with Crippen LogP contribution in [0.5, 0.6) is 0 Å². The zero-order valence-corrected chi connectivity index (χ0v) is 4.86. The fourth-order valence-corrected chi connectivity index (χ4v) is 0.755. The van der Waals surface area contributed by atoms with Crippen LogP contribution in [0.3, 0.4) is 0 Å². The molecule has 0 spiro atoms. The Morgan fingerprint density at radius 1 is 1.78 bits per heavy atom. The molecule has 1 heterocycles. The maximum absolute atomic E-state index is 12.1. The van der Waals surface area contributed by atoms with Crippen LogP contribution in [-0.2, 0) is 9.53 Å². The molecule has 0 aromatic carbocycles. The van der Waals surface area contributed by atoms with Gasteiger partial charge in [0.15, 0.2) is 0 Å². The van der Waals surface area contributed by atoms with Crippen LogP contribution in [0.4, 0.5) is 8.78 Å². The number of halogens is 2. The third-order valence-corrected chi connectivity index (χ3v) is 1.15. The lowest BCUT2D eigenvalue weighted by Crippen LogP contribution is -2.21. The second-order valence-corrected chi connectivity index (χ2v) is 2.12. The molecule has 1 aliphatic heterocycles. The van der Waals surface area contributed by atoms with E-state index in [0.717, 1.165) is 0 Å². The van der Waals surface area contributed by atoms with Gasteiger partial charge < -0.3 is 4.74 Å². The molecular formula is C5H6F2O2. The lowest BCUT2D eigenvalue weighted by molar-refractivity contribution is -0.158. The number of carbonyl (C=O) groups is 1. The minimum atomic E-state index is -3.24. The van der Waals surface area contributed by atoms with Gasteiger partial charge in [-0.1, -0.05) is 0 Å². The highest BCUT2D eigenvalue weighted by atomic mass is 19.3. The first-order valence-electron chi connectivity index (χ1n) is 2.61. The molecule has 9 heavy (non-hydrogen) atoms. The van der Waals surface area contributed by atoms with Crippen LogP contribution >= 0.6 is 0 Å². The highest BCUT2D eigenvalue weighted by molar-refractivity contribution is 5.79. The van der Waals surface area contributed by atoms with Crippen LogP contribution in [0.15, 0.2) is 0 Å². The van der Waals surface area contributed by atoms with Crippen molar-refractivity contribution in [2.45, 2.75) is 25.4 Å². The van der Waals surface area contributed by atoms with Gasteiger partial charge in [0, 0.05) is 0 Å². The number of esters is 1. The molecule has 0 saturated carbocycles. The van der Waals surface area contributed by atoms with Gasteiger partial charge in [0.25, 0.3) is 0 Å². The lowest BCUT2D eigenvalue weighted by atomic mass is 10.2. The molecule has 0 aromatic heterocycles. The number of carbonyl (C=O) groups excluding carboxylic acids is 1. The molecule has 0 bridgehead atoms. The topological polar surface area (TPSA) is 26.3 Å². The second kappa shape index (κ2) is 1.65. The third kappa shape index (κ3) is 1.01. The third-order valence-electron chi connectivity index (χ3n) is 1.15. The van der Waals surface area contributed by atoms with Gasteiger partial charge in [-0.15, -0.1) is 0 Å². The molecule has 1 saturated heterocycles. The number of hydrogen-bond donors (Lipinski definition) is 0. The molecule has 0 radical (unpaired) electrons. The van der Waals surface area contributed by atoms with Gasteiger partial charge in [-0.2, -0.15) is 8.78 Å². The van der Waals surface area contributed by atoms with Gasteiger partial charge in [0.2, 0.25) is 0 Å². The molecular weight excluding hydrogens is 130 g/mol. The van der Waals surface area contributed by atoms with E-state index in [4.69, 9.17) is 0 Å². The van der Waals surface area contributed by atoms with Crippen LogP contribution in [0.1, 0.15) is 13.3 Å². The summed E-state index contributed by atoms with van der Waals surface area (Å²) in [5.41, 5.74) is 0. The normalized spacial score (nSPS) is 32.3. The standard InChI is InChI=1S/C5H6F2O2/c1-3-2-5(6,7)4(8)9-3/h3H,2H2,1H3. The largest absolute Gasteiger partial charge is 0.458 e. The van der Waals surface area contributed by atoms with Crippen LogP contribution in [0, 0.1) is 0 Å². The van der Waals surface area contributed by atoms with Crippen LogP contribution in [0.2, 0.25) is 0 Å². The average molecular weight is 136 g/mol. The van der Waals surface area contributed by atoms with E-state index in [1.54, 1.807) is 0 Å². The molecule has 1 aliphatic rings. The van der Waals surface area contributed by atoms with Gasteiger partial charge in [0.1, 0.15) is 6.10 Å². The predicted octanol–water partition coefficient (Wildman–Crippen LogP) is 0.957. The Balaban J connectivity index is 2.70. The second-order valence-electron chi connectivity index (χ2n) is 2.12. The summed E-state index contributed by atoms with van der Waals surface area (Å²) in [4.78, 5) is 10.1. The van der Waals surface area contributed by atoms with E-state index < -0.39 is 24.4 Å². The van der Waals surface area contributed by atoms with Gasteiger partial charge in [-0.3, -0.25) is 0 Å². The summed E-state index contributed by atoms with van der Waals surface area (Å²) in [6.07, 6.45) is -1.11. The quantitative estimate of drug-likeness (QED) is 0.463. The Bertz CT molecular complexity index is 144. The van der Waals surface area contributed by atoms with Crippen LogP contribution in [0.25, 0.3) is 0 Å². The van der Waals surface area contributed by atoms with E-state index in [2.05, 4.69) is 4.74 Å². The summed E-state index contributed by atoms with van der Waals surface area (Å²) < 4.78 is 28.4. The molecule has 0 aromatic rings. The summed E-state index contributed by atoms with van der Waals surface area (Å²) in [7, 11) is 0. The van der Waals surface area contributed by atoms with E-state index in [1.807, 2.05) is 0 Å². The molecule has 0 N–H and O–H groups in total. The fraction of sp³-hybridized carbons (Fsp3) is 0.800. The van der Waals surface area contributed by atoms with Crippen molar-refractivity contribution in [2.24, 2.45) is 0 Å². The van der Waals surface area contributed by atoms with Crippen molar-refractivity contribution in [3.8, 4) is 0 Å². The smallest absolute Gasteiger partial charge is 0.377 e. The molecule has 0 aliphatic carbocycles. The van der Waals surface area contributed by atoms with Crippen molar-refractivity contribution in [3.05, 3.63) is 0 Å². The van der Waals surface area contributed by atoms with E-state index in [9.17, 15) is 13.6 Å². The Morgan fingerprint density at radius 3 is 2.44 bits per heavy atom. The minimum absolute atomic E-state index is 0.480. The van der Waals surface area contributed by atoms with Crippen molar-refractivity contribution < 1.29 is 18.3 Å². The highest BCUT2D eigenvalue weighted by Crippen LogP contribution is 2.30. The molecule has 1 rings (SSSR count). The Labute approximate surface area is 50.8 Å². The van der Waals surface area contributed by atoms with E-state index >= 15 is 0 Å². The van der Waals surface area contributed by atoms with Gasteiger partial charge in [-0.25, -0.2) is 4.79 Å². The van der Waals surface area contributed by atoms with Crippen LogP contribution < -0.4 is 0 Å². The van der Waals surface area contributed by atoms with Gasteiger partial charge in [0.05, 0.1) is 6.42 Å². The molecule has 1 atom stereocenters. The summed E-state index contributed by atoms with van der Waals surface area (Å²) in [6, 6.07) is 0. The zero-order chi connectivity index (χ0) is 7.07.